The van der Waals surface area contributed by atoms with Crippen molar-refractivity contribution in [3.05, 3.63) is 10.6 Å². The van der Waals surface area contributed by atoms with Crippen LogP contribution in [-0.2, 0) is 4.79 Å². The number of aldehydes is 1. The first-order chi connectivity index (χ1) is 5.43. The number of hydrogen-bond donors (Lipinski definition) is 1. The minimum Gasteiger partial charge on any atom is -0.323 e. The fourth-order valence-electron chi connectivity index (χ4n) is 0.393. The summed E-state index contributed by atoms with van der Waals surface area (Å²) < 4.78 is 35.5. The molecule has 0 saturated heterocycles. The van der Waals surface area contributed by atoms with Gasteiger partial charge in [-0.1, -0.05) is 11.6 Å². The van der Waals surface area contributed by atoms with Gasteiger partial charge in [0.1, 0.15) is 5.57 Å². The van der Waals surface area contributed by atoms with E-state index in [4.69, 9.17) is 11.6 Å². The molecule has 0 aromatic rings. The van der Waals surface area contributed by atoms with Crippen molar-refractivity contribution in [1.82, 2.24) is 0 Å². The summed E-state index contributed by atoms with van der Waals surface area (Å²) in [4.78, 5) is 9.90. The topological polar surface area (TPSA) is 55.4 Å². The van der Waals surface area contributed by atoms with Crippen molar-refractivity contribution < 1.29 is 18.0 Å². The predicted octanol–water partition coefficient (Wildman–Crippen LogP) is 1.19. The number of hydrazone groups is 1. The van der Waals surface area contributed by atoms with Crippen LogP contribution < -0.4 is 5.84 Å². The third-order valence-electron chi connectivity index (χ3n) is 0.868. The monoisotopic (exact) mass is 200 g/mol. The largest absolute Gasteiger partial charge is 0.421 e. The van der Waals surface area contributed by atoms with Gasteiger partial charge in [-0.15, -0.1) is 0 Å². The standard InChI is InChI=1S/C5H4ClF3N2O/c6-4(1-11-10)3(2-12)5(7,8)9/h1-2H,10H2/b4-3-,11-1-. The molecule has 3 nitrogen and oxygen atoms in total. The Labute approximate surface area is 70.7 Å². The third kappa shape index (κ3) is 2.91. The van der Waals surface area contributed by atoms with Crippen molar-refractivity contribution in [2.45, 2.75) is 6.18 Å². The number of carbonyl (C=O) groups excluding carboxylic acids is 1. The van der Waals surface area contributed by atoms with Gasteiger partial charge in [0.2, 0.25) is 0 Å². The summed E-state index contributed by atoms with van der Waals surface area (Å²) in [6.45, 7) is 0. The molecule has 0 aromatic heterocycles. The van der Waals surface area contributed by atoms with Crippen molar-refractivity contribution in [2.75, 3.05) is 0 Å². The molecule has 0 bridgehead atoms. The molecule has 0 saturated carbocycles. The van der Waals surface area contributed by atoms with Gasteiger partial charge in [0.25, 0.3) is 0 Å². The average Bonchev–Trinajstić information content (AvgIpc) is 1.85. The van der Waals surface area contributed by atoms with Crippen molar-refractivity contribution in [2.24, 2.45) is 10.9 Å². The Morgan fingerprint density at radius 1 is 1.50 bits per heavy atom. The van der Waals surface area contributed by atoms with Crippen LogP contribution in [0, 0.1) is 0 Å². The van der Waals surface area contributed by atoms with Gasteiger partial charge < -0.3 is 5.84 Å². The van der Waals surface area contributed by atoms with E-state index in [1.165, 1.54) is 0 Å². The molecule has 0 heterocycles. The van der Waals surface area contributed by atoms with Gasteiger partial charge in [-0.25, -0.2) is 0 Å². The van der Waals surface area contributed by atoms with E-state index in [1.54, 1.807) is 0 Å². The number of rotatable bonds is 2. The summed E-state index contributed by atoms with van der Waals surface area (Å²) >= 11 is 5.03. The van der Waals surface area contributed by atoms with Gasteiger partial charge in [0.05, 0.1) is 11.2 Å². The summed E-state index contributed by atoms with van der Waals surface area (Å²) in [5, 5.41) is 1.91. The first kappa shape index (κ1) is 11.0. The second-order valence-corrected chi connectivity index (χ2v) is 2.06. The number of allylic oxidation sites excluding steroid dienone is 2. The zero-order chi connectivity index (χ0) is 9.78. The maximum atomic E-state index is 11.8. The number of alkyl halides is 3. The predicted molar refractivity (Wildman–Crippen MR) is 37.7 cm³/mol. The Balaban J connectivity index is 5.00. The molecule has 0 aliphatic rings. The Hall–Kier alpha value is -1.04. The highest BCUT2D eigenvalue weighted by molar-refractivity contribution is 6.40. The smallest absolute Gasteiger partial charge is 0.323 e. The quantitative estimate of drug-likeness (QED) is 0.239. The van der Waals surface area contributed by atoms with Crippen LogP contribution in [0.25, 0.3) is 0 Å². The summed E-state index contributed by atoms with van der Waals surface area (Å²) in [7, 11) is 0. The summed E-state index contributed by atoms with van der Waals surface area (Å²) in [6, 6.07) is 0. The molecule has 0 unspecified atom stereocenters. The Bertz CT molecular complexity index is 233. The normalized spacial score (nSPS) is 14.7. The molecule has 0 fully saturated rings. The molecule has 0 amide bonds. The molecule has 0 aliphatic carbocycles. The van der Waals surface area contributed by atoms with Crippen molar-refractivity contribution in [3.8, 4) is 0 Å². The zero-order valence-corrected chi connectivity index (χ0v) is 6.36. The van der Waals surface area contributed by atoms with E-state index in [0.717, 1.165) is 0 Å². The highest BCUT2D eigenvalue weighted by atomic mass is 35.5. The van der Waals surface area contributed by atoms with Crippen LogP contribution in [0.2, 0.25) is 0 Å². The molecule has 0 atom stereocenters. The van der Waals surface area contributed by atoms with Crippen LogP contribution >= 0.6 is 11.6 Å². The lowest BCUT2D eigenvalue weighted by molar-refractivity contribution is -0.119. The maximum absolute atomic E-state index is 11.8. The second-order valence-electron chi connectivity index (χ2n) is 1.66. The lowest BCUT2D eigenvalue weighted by atomic mass is 10.3. The molecule has 0 rings (SSSR count). The number of hydrogen-bond acceptors (Lipinski definition) is 3. The van der Waals surface area contributed by atoms with Crippen LogP contribution in [0.4, 0.5) is 13.2 Å². The van der Waals surface area contributed by atoms with Crippen molar-refractivity contribution >= 4 is 24.1 Å². The highest BCUT2D eigenvalue weighted by Crippen LogP contribution is 2.27. The van der Waals surface area contributed by atoms with E-state index in [-0.39, 0.29) is 0 Å². The van der Waals surface area contributed by atoms with Gasteiger partial charge in [-0.3, -0.25) is 4.79 Å². The molecule has 68 valence electrons. The molecule has 0 aliphatic heterocycles. The lowest BCUT2D eigenvalue weighted by Crippen LogP contribution is -2.14. The molecule has 0 spiro atoms. The Kier molecular flexibility index (Phi) is 3.75. The molecule has 7 heteroatoms. The first-order valence-electron chi connectivity index (χ1n) is 2.59. The minimum absolute atomic E-state index is 0.399. The van der Waals surface area contributed by atoms with Gasteiger partial charge in [0, 0.05) is 0 Å². The van der Waals surface area contributed by atoms with E-state index >= 15 is 0 Å². The molecular formula is C5H4ClF3N2O. The SMILES string of the molecule is N/N=C\C(Cl)=C(/C=O)C(F)(F)F. The second kappa shape index (κ2) is 4.10. The Morgan fingerprint density at radius 3 is 2.25 bits per heavy atom. The van der Waals surface area contributed by atoms with Crippen molar-refractivity contribution in [1.29, 1.82) is 0 Å². The van der Waals surface area contributed by atoms with Gasteiger partial charge >= 0.3 is 6.18 Å². The molecule has 0 radical (unpaired) electrons. The number of nitrogens with zero attached hydrogens (tertiary/aromatic N) is 1. The van der Waals surface area contributed by atoms with Crippen LogP contribution in [-0.4, -0.2) is 18.7 Å². The maximum Gasteiger partial charge on any atom is 0.421 e. The fourth-order valence-corrected chi connectivity index (χ4v) is 0.602. The first-order valence-corrected chi connectivity index (χ1v) is 2.96. The van der Waals surface area contributed by atoms with Crippen LogP contribution in [0.3, 0.4) is 0 Å². The third-order valence-corrected chi connectivity index (χ3v) is 1.17. The number of nitrogens with two attached hydrogens (primary N) is 1. The van der Waals surface area contributed by atoms with Gasteiger partial charge in [0.15, 0.2) is 6.29 Å². The van der Waals surface area contributed by atoms with Crippen LogP contribution in [0.15, 0.2) is 15.7 Å². The van der Waals surface area contributed by atoms with E-state index in [9.17, 15) is 18.0 Å². The zero-order valence-electron chi connectivity index (χ0n) is 5.60. The lowest BCUT2D eigenvalue weighted by Gasteiger charge is -2.04. The molecule has 2 N–H and O–H groups in total. The number of carbonyl (C=O) groups is 1. The molecular weight excluding hydrogens is 197 g/mol. The number of halogens is 4. The van der Waals surface area contributed by atoms with Gasteiger partial charge in [-0.05, 0) is 0 Å². The fraction of sp³-hybridized carbons (Fsp3) is 0.200. The molecule has 12 heavy (non-hydrogen) atoms. The van der Waals surface area contributed by atoms with E-state index < -0.39 is 23.1 Å². The summed E-state index contributed by atoms with van der Waals surface area (Å²) in [5.74, 6) is 4.53. The summed E-state index contributed by atoms with van der Waals surface area (Å²) in [5.41, 5.74) is -1.50. The summed E-state index contributed by atoms with van der Waals surface area (Å²) in [6.07, 6.45) is -4.64. The molecule has 0 aromatic carbocycles. The van der Waals surface area contributed by atoms with Crippen LogP contribution in [0.1, 0.15) is 0 Å². The highest BCUT2D eigenvalue weighted by Gasteiger charge is 2.35. The van der Waals surface area contributed by atoms with E-state index in [1.807, 2.05) is 0 Å². The van der Waals surface area contributed by atoms with Crippen LogP contribution in [0.5, 0.6) is 0 Å². The Morgan fingerprint density at radius 2 is 2.00 bits per heavy atom. The van der Waals surface area contributed by atoms with Gasteiger partial charge in [-0.2, -0.15) is 18.3 Å². The van der Waals surface area contributed by atoms with E-state index in [2.05, 4.69) is 10.9 Å². The van der Waals surface area contributed by atoms with Crippen molar-refractivity contribution in [3.63, 3.8) is 0 Å². The minimum atomic E-state index is -4.78. The van der Waals surface area contributed by atoms with E-state index in [0.29, 0.717) is 6.21 Å². The average molecular weight is 201 g/mol.